The van der Waals surface area contributed by atoms with Crippen LogP contribution in [0.15, 0.2) is 30.4 Å². The average molecular weight is 247 g/mol. The Hall–Kier alpha value is -1.97. The number of methoxy groups -OCH3 is 1. The summed E-state index contributed by atoms with van der Waals surface area (Å²) in [4.78, 5) is 12.1. The highest BCUT2D eigenvalue weighted by molar-refractivity contribution is 5.97. The lowest BCUT2D eigenvalue weighted by molar-refractivity contribution is 0.0931. The molecule has 0 aromatic heterocycles. The predicted molar refractivity (Wildman–Crippen MR) is 68.9 cm³/mol. The van der Waals surface area contributed by atoms with Crippen molar-refractivity contribution in [1.82, 2.24) is 5.32 Å². The maximum atomic E-state index is 12.1. The first kappa shape index (κ1) is 12.5. The van der Waals surface area contributed by atoms with Gasteiger partial charge in [-0.25, -0.2) is 0 Å². The average Bonchev–Trinajstić information content (AvgIpc) is 2.40. The molecule has 18 heavy (non-hydrogen) atoms. The number of ether oxygens (including phenoxy) is 1. The Bertz CT molecular complexity index is 468. The van der Waals surface area contributed by atoms with E-state index >= 15 is 0 Å². The van der Waals surface area contributed by atoms with Gasteiger partial charge in [0.25, 0.3) is 5.91 Å². The normalized spacial score (nSPS) is 18.4. The van der Waals surface area contributed by atoms with Crippen LogP contribution in [0.4, 0.5) is 0 Å². The molecule has 0 saturated carbocycles. The van der Waals surface area contributed by atoms with Gasteiger partial charge in [0.05, 0.1) is 12.7 Å². The number of carbonyl (C=O) groups excluding carboxylic acids is 1. The fourth-order valence-electron chi connectivity index (χ4n) is 2.01. The Balaban J connectivity index is 2.10. The van der Waals surface area contributed by atoms with Gasteiger partial charge in [-0.3, -0.25) is 4.79 Å². The van der Waals surface area contributed by atoms with Crippen LogP contribution in [-0.2, 0) is 0 Å². The van der Waals surface area contributed by atoms with Crippen LogP contribution in [0.2, 0.25) is 0 Å². The van der Waals surface area contributed by atoms with Crippen LogP contribution >= 0.6 is 0 Å². The number of nitrogens with one attached hydrogen (secondary N) is 1. The van der Waals surface area contributed by atoms with Crippen molar-refractivity contribution < 1.29 is 14.6 Å². The lowest BCUT2D eigenvalue weighted by Crippen LogP contribution is -2.35. The Morgan fingerprint density at radius 1 is 1.44 bits per heavy atom. The van der Waals surface area contributed by atoms with E-state index in [9.17, 15) is 9.90 Å². The Labute approximate surface area is 106 Å². The lowest BCUT2D eigenvalue weighted by Gasteiger charge is -2.19. The van der Waals surface area contributed by atoms with Gasteiger partial charge >= 0.3 is 0 Å². The van der Waals surface area contributed by atoms with Crippen molar-refractivity contribution >= 4 is 5.91 Å². The second-order valence-electron chi connectivity index (χ2n) is 4.34. The van der Waals surface area contributed by atoms with Crippen molar-refractivity contribution in [2.24, 2.45) is 0 Å². The molecule has 1 aromatic carbocycles. The van der Waals surface area contributed by atoms with Gasteiger partial charge in [0.2, 0.25) is 0 Å². The minimum absolute atomic E-state index is 0.0281. The number of benzene rings is 1. The van der Waals surface area contributed by atoms with Gasteiger partial charge in [-0.2, -0.15) is 0 Å². The zero-order chi connectivity index (χ0) is 13.0. The Kier molecular flexibility index (Phi) is 3.87. The maximum absolute atomic E-state index is 12.1. The van der Waals surface area contributed by atoms with E-state index in [1.54, 1.807) is 12.1 Å². The smallest absolute Gasteiger partial charge is 0.255 e. The first-order valence-electron chi connectivity index (χ1n) is 6.03. The monoisotopic (exact) mass is 247 g/mol. The van der Waals surface area contributed by atoms with E-state index in [1.165, 1.54) is 13.2 Å². The Morgan fingerprint density at radius 3 is 2.94 bits per heavy atom. The highest BCUT2D eigenvalue weighted by Crippen LogP contribution is 2.23. The van der Waals surface area contributed by atoms with Crippen molar-refractivity contribution in [2.45, 2.75) is 25.3 Å². The van der Waals surface area contributed by atoms with Gasteiger partial charge in [0, 0.05) is 6.04 Å². The molecule has 1 aromatic rings. The fourth-order valence-corrected chi connectivity index (χ4v) is 2.01. The van der Waals surface area contributed by atoms with Crippen LogP contribution in [-0.4, -0.2) is 24.2 Å². The molecule has 4 nitrogen and oxygen atoms in total. The molecule has 96 valence electrons. The van der Waals surface area contributed by atoms with Crippen molar-refractivity contribution in [1.29, 1.82) is 0 Å². The van der Waals surface area contributed by atoms with E-state index in [4.69, 9.17) is 4.74 Å². The SMILES string of the molecule is COc1ccc(O)c(C(=O)NC2CC=CCC2)c1. The number of aromatic hydroxyl groups is 1. The van der Waals surface area contributed by atoms with Gasteiger partial charge in [0.15, 0.2) is 0 Å². The quantitative estimate of drug-likeness (QED) is 0.805. The van der Waals surface area contributed by atoms with Crippen LogP contribution in [0.5, 0.6) is 11.5 Å². The number of phenolic OH excluding ortho intramolecular Hbond substituents is 1. The summed E-state index contributed by atoms with van der Waals surface area (Å²) in [5.41, 5.74) is 0.254. The lowest BCUT2D eigenvalue weighted by atomic mass is 10.0. The van der Waals surface area contributed by atoms with Gasteiger partial charge < -0.3 is 15.2 Å². The summed E-state index contributed by atoms with van der Waals surface area (Å²) < 4.78 is 5.05. The standard InChI is InChI=1S/C14H17NO3/c1-18-11-7-8-13(16)12(9-11)14(17)15-10-5-3-2-4-6-10/h2-3,7-10,16H,4-6H2,1H3,(H,15,17). The summed E-state index contributed by atoms with van der Waals surface area (Å²) >= 11 is 0. The molecule has 0 radical (unpaired) electrons. The molecule has 1 amide bonds. The minimum atomic E-state index is -0.258. The molecule has 1 atom stereocenters. The largest absolute Gasteiger partial charge is 0.507 e. The molecule has 4 heteroatoms. The molecule has 0 heterocycles. The molecule has 0 aliphatic heterocycles. The second-order valence-corrected chi connectivity index (χ2v) is 4.34. The van der Waals surface area contributed by atoms with Gasteiger partial charge in [0.1, 0.15) is 11.5 Å². The predicted octanol–water partition coefficient (Wildman–Crippen LogP) is 2.24. The number of phenols is 1. The molecule has 2 rings (SSSR count). The van der Waals surface area contributed by atoms with Gasteiger partial charge in [-0.1, -0.05) is 12.2 Å². The number of hydrogen-bond acceptors (Lipinski definition) is 3. The number of carbonyl (C=O) groups is 1. The van der Waals surface area contributed by atoms with Crippen LogP contribution < -0.4 is 10.1 Å². The molecule has 1 unspecified atom stereocenters. The van der Waals surface area contributed by atoms with Crippen LogP contribution in [0.25, 0.3) is 0 Å². The molecule has 0 saturated heterocycles. The first-order chi connectivity index (χ1) is 8.70. The third-order valence-corrected chi connectivity index (χ3v) is 3.05. The number of allylic oxidation sites excluding steroid dienone is 1. The zero-order valence-electron chi connectivity index (χ0n) is 10.3. The van der Waals surface area contributed by atoms with E-state index in [2.05, 4.69) is 17.5 Å². The molecule has 0 fully saturated rings. The van der Waals surface area contributed by atoms with E-state index < -0.39 is 0 Å². The maximum Gasteiger partial charge on any atom is 0.255 e. The second kappa shape index (κ2) is 5.58. The van der Waals surface area contributed by atoms with Crippen LogP contribution in [0.3, 0.4) is 0 Å². The zero-order valence-corrected chi connectivity index (χ0v) is 10.3. The van der Waals surface area contributed by atoms with Crippen molar-refractivity contribution in [3.05, 3.63) is 35.9 Å². The molecule has 1 aliphatic carbocycles. The van der Waals surface area contributed by atoms with Gasteiger partial charge in [-0.05, 0) is 37.5 Å². The third kappa shape index (κ3) is 2.83. The summed E-state index contributed by atoms with van der Waals surface area (Å²) in [6.07, 6.45) is 6.95. The topological polar surface area (TPSA) is 58.6 Å². The minimum Gasteiger partial charge on any atom is -0.507 e. The van der Waals surface area contributed by atoms with E-state index in [0.717, 1.165) is 19.3 Å². The third-order valence-electron chi connectivity index (χ3n) is 3.05. The molecule has 1 aliphatic rings. The summed E-state index contributed by atoms with van der Waals surface area (Å²) in [7, 11) is 1.53. The van der Waals surface area contributed by atoms with Crippen LogP contribution in [0.1, 0.15) is 29.6 Å². The van der Waals surface area contributed by atoms with Crippen molar-refractivity contribution in [2.75, 3.05) is 7.11 Å². The van der Waals surface area contributed by atoms with Crippen LogP contribution in [0, 0.1) is 0 Å². The summed E-state index contributed by atoms with van der Waals surface area (Å²) in [6, 6.07) is 4.78. The summed E-state index contributed by atoms with van der Waals surface area (Å²) in [5.74, 6) is 0.271. The fraction of sp³-hybridized carbons (Fsp3) is 0.357. The highest BCUT2D eigenvalue weighted by Gasteiger charge is 2.17. The van der Waals surface area contributed by atoms with E-state index in [1.807, 2.05) is 0 Å². The Morgan fingerprint density at radius 2 is 2.28 bits per heavy atom. The number of rotatable bonds is 3. The summed E-state index contributed by atoms with van der Waals surface area (Å²) in [6.45, 7) is 0. The van der Waals surface area contributed by atoms with E-state index in [0.29, 0.717) is 5.75 Å². The molecule has 0 spiro atoms. The van der Waals surface area contributed by atoms with Crippen molar-refractivity contribution in [3.63, 3.8) is 0 Å². The molecular formula is C14H17NO3. The number of amides is 1. The molecule has 0 bridgehead atoms. The first-order valence-corrected chi connectivity index (χ1v) is 6.03. The highest BCUT2D eigenvalue weighted by atomic mass is 16.5. The number of hydrogen-bond donors (Lipinski definition) is 2. The van der Waals surface area contributed by atoms with E-state index in [-0.39, 0.29) is 23.3 Å². The molecular weight excluding hydrogens is 230 g/mol. The van der Waals surface area contributed by atoms with Crippen molar-refractivity contribution in [3.8, 4) is 11.5 Å². The summed E-state index contributed by atoms with van der Waals surface area (Å²) in [5, 5.41) is 12.6. The molecule has 2 N–H and O–H groups in total. The van der Waals surface area contributed by atoms with Gasteiger partial charge in [-0.15, -0.1) is 0 Å².